The van der Waals surface area contributed by atoms with Crippen LogP contribution >= 0.6 is 0 Å². The molecule has 1 aromatic carbocycles. The number of pyridine rings is 1. The summed E-state index contributed by atoms with van der Waals surface area (Å²) in [7, 11) is 0. The predicted molar refractivity (Wildman–Crippen MR) is 81.9 cm³/mol. The van der Waals surface area contributed by atoms with Crippen molar-refractivity contribution < 1.29 is 18.7 Å². The molecule has 0 N–H and O–H groups in total. The molecule has 1 aliphatic rings. The summed E-state index contributed by atoms with van der Waals surface area (Å²) in [6, 6.07) is 7.71. The number of carbonyl (C=O) groups excluding carboxylic acids is 2. The molecule has 0 spiro atoms. The molecule has 0 saturated heterocycles. The molecule has 6 heteroatoms. The number of anilines is 1. The Hall–Kier alpha value is -2.76. The summed E-state index contributed by atoms with van der Waals surface area (Å²) in [6.07, 6.45) is 1.83. The van der Waals surface area contributed by atoms with Crippen molar-refractivity contribution in [1.29, 1.82) is 0 Å². The summed E-state index contributed by atoms with van der Waals surface area (Å²) in [5.41, 5.74) is 0.525. The highest BCUT2D eigenvalue weighted by Gasteiger charge is 2.41. The number of amides is 1. The lowest BCUT2D eigenvalue weighted by Gasteiger charge is -2.38. The van der Waals surface area contributed by atoms with Gasteiger partial charge in [-0.3, -0.25) is 19.5 Å². The molecule has 0 radical (unpaired) electrons. The quantitative estimate of drug-likeness (QED) is 0.817. The van der Waals surface area contributed by atoms with Crippen molar-refractivity contribution in [2.45, 2.75) is 26.0 Å². The summed E-state index contributed by atoms with van der Waals surface area (Å²) >= 11 is 0. The fourth-order valence-electron chi connectivity index (χ4n) is 2.48. The molecule has 1 aromatic heterocycles. The molecule has 3 rings (SSSR count). The van der Waals surface area contributed by atoms with Gasteiger partial charge >= 0.3 is 0 Å². The first kappa shape index (κ1) is 15.1. The molecule has 0 unspecified atom stereocenters. The molecule has 1 aliphatic heterocycles. The molecule has 1 amide bonds. The number of halogens is 1. The fraction of sp³-hybridized carbons (Fsp3) is 0.235. The third-order valence-electron chi connectivity index (χ3n) is 3.64. The minimum Gasteiger partial charge on any atom is -0.476 e. The molecule has 0 atom stereocenters. The van der Waals surface area contributed by atoms with Crippen LogP contribution in [0.5, 0.6) is 5.75 Å². The Kier molecular flexibility index (Phi) is 3.60. The summed E-state index contributed by atoms with van der Waals surface area (Å²) < 4.78 is 18.7. The Bertz CT molecular complexity index is 772. The highest BCUT2D eigenvalue weighted by molar-refractivity contribution is 6.02. The number of hydrogen-bond donors (Lipinski definition) is 0. The molecular weight excluding hydrogens is 299 g/mol. The van der Waals surface area contributed by atoms with Gasteiger partial charge in [-0.05, 0) is 44.2 Å². The molecule has 2 heterocycles. The second-order valence-electron chi connectivity index (χ2n) is 5.82. The number of ether oxygens (including phenoxy) is 1. The standard InChI is InChI=1S/C17H15FN2O3/c1-17(2)16(22)20(9-13-5-4-12(18)8-19-13)14-6-3-11(10-21)7-15(14)23-17/h3-8,10H,9H2,1-2H3. The highest BCUT2D eigenvalue weighted by Crippen LogP contribution is 2.38. The molecule has 0 fully saturated rings. The van der Waals surface area contributed by atoms with Gasteiger partial charge in [0.15, 0.2) is 5.60 Å². The Morgan fingerprint density at radius 3 is 2.74 bits per heavy atom. The predicted octanol–water partition coefficient (Wildman–Crippen LogP) is 2.74. The van der Waals surface area contributed by atoms with Gasteiger partial charge in [0.05, 0.1) is 24.1 Å². The first-order valence-electron chi connectivity index (χ1n) is 7.11. The van der Waals surface area contributed by atoms with Gasteiger partial charge in [-0.2, -0.15) is 0 Å². The maximum atomic E-state index is 13.0. The van der Waals surface area contributed by atoms with Crippen LogP contribution in [0.25, 0.3) is 0 Å². The van der Waals surface area contributed by atoms with Crippen LogP contribution in [0.15, 0.2) is 36.5 Å². The highest BCUT2D eigenvalue weighted by atomic mass is 19.1. The van der Waals surface area contributed by atoms with Crippen molar-refractivity contribution in [3.63, 3.8) is 0 Å². The number of carbonyl (C=O) groups is 2. The van der Waals surface area contributed by atoms with Crippen LogP contribution in [0.1, 0.15) is 29.9 Å². The topological polar surface area (TPSA) is 59.5 Å². The largest absolute Gasteiger partial charge is 0.476 e. The second kappa shape index (κ2) is 5.46. The maximum absolute atomic E-state index is 13.0. The second-order valence-corrected chi connectivity index (χ2v) is 5.82. The van der Waals surface area contributed by atoms with E-state index in [1.807, 2.05) is 0 Å². The minimum absolute atomic E-state index is 0.194. The van der Waals surface area contributed by atoms with Gasteiger partial charge in [0, 0.05) is 5.56 Å². The van der Waals surface area contributed by atoms with Gasteiger partial charge < -0.3 is 4.74 Å². The number of benzene rings is 1. The van der Waals surface area contributed by atoms with E-state index in [0.29, 0.717) is 22.7 Å². The average Bonchev–Trinajstić information content (AvgIpc) is 2.52. The van der Waals surface area contributed by atoms with Crippen molar-refractivity contribution in [1.82, 2.24) is 4.98 Å². The normalized spacial score (nSPS) is 15.8. The average molecular weight is 314 g/mol. The zero-order valence-corrected chi connectivity index (χ0v) is 12.7. The van der Waals surface area contributed by atoms with Crippen LogP contribution in [-0.2, 0) is 11.3 Å². The van der Waals surface area contributed by atoms with Crippen molar-refractivity contribution in [3.05, 3.63) is 53.6 Å². The number of aldehydes is 1. The smallest absolute Gasteiger partial charge is 0.271 e. The van der Waals surface area contributed by atoms with E-state index in [4.69, 9.17) is 4.74 Å². The number of fused-ring (bicyclic) bond motifs is 1. The lowest BCUT2D eigenvalue weighted by atomic mass is 10.0. The van der Waals surface area contributed by atoms with Crippen LogP contribution in [0.4, 0.5) is 10.1 Å². The van der Waals surface area contributed by atoms with Crippen molar-refractivity contribution in [3.8, 4) is 5.75 Å². The monoisotopic (exact) mass is 314 g/mol. The van der Waals surface area contributed by atoms with E-state index in [1.54, 1.807) is 32.0 Å². The van der Waals surface area contributed by atoms with Gasteiger partial charge in [0.25, 0.3) is 5.91 Å². The van der Waals surface area contributed by atoms with E-state index in [1.165, 1.54) is 17.0 Å². The van der Waals surface area contributed by atoms with Crippen molar-refractivity contribution in [2.75, 3.05) is 4.90 Å². The first-order chi connectivity index (χ1) is 10.9. The number of nitrogens with zero attached hydrogens (tertiary/aromatic N) is 2. The van der Waals surface area contributed by atoms with E-state index < -0.39 is 11.4 Å². The Morgan fingerprint density at radius 1 is 1.30 bits per heavy atom. The van der Waals surface area contributed by atoms with E-state index in [9.17, 15) is 14.0 Å². The van der Waals surface area contributed by atoms with Crippen molar-refractivity contribution in [2.24, 2.45) is 0 Å². The van der Waals surface area contributed by atoms with E-state index >= 15 is 0 Å². The Labute approximate surface area is 132 Å². The molecule has 0 saturated carbocycles. The van der Waals surface area contributed by atoms with Gasteiger partial charge in [0.2, 0.25) is 0 Å². The summed E-state index contributed by atoms with van der Waals surface area (Å²) in [5.74, 6) is -0.199. The molecule has 5 nitrogen and oxygen atoms in total. The SMILES string of the molecule is CC1(C)Oc2cc(C=O)ccc2N(Cc2ccc(F)cn2)C1=O. The summed E-state index contributed by atoms with van der Waals surface area (Å²) in [4.78, 5) is 29.1. The Morgan fingerprint density at radius 2 is 2.09 bits per heavy atom. The van der Waals surface area contributed by atoms with Crippen molar-refractivity contribution >= 4 is 17.9 Å². The number of rotatable bonds is 3. The lowest BCUT2D eigenvalue weighted by Crippen LogP contribution is -2.52. The third kappa shape index (κ3) is 2.79. The molecule has 23 heavy (non-hydrogen) atoms. The molecule has 2 aromatic rings. The van der Waals surface area contributed by atoms with Gasteiger partial charge in [0.1, 0.15) is 17.9 Å². The van der Waals surface area contributed by atoms with Gasteiger partial charge in [-0.1, -0.05) is 0 Å². The van der Waals surface area contributed by atoms with Crippen LogP contribution in [0.2, 0.25) is 0 Å². The van der Waals surface area contributed by atoms with Crippen LogP contribution in [-0.4, -0.2) is 22.8 Å². The minimum atomic E-state index is -1.06. The first-order valence-corrected chi connectivity index (χ1v) is 7.11. The van der Waals surface area contributed by atoms with Gasteiger partial charge in [-0.15, -0.1) is 0 Å². The number of hydrogen-bond acceptors (Lipinski definition) is 4. The molecular formula is C17H15FN2O3. The summed E-state index contributed by atoms with van der Waals surface area (Å²) in [6.45, 7) is 3.52. The van der Waals surface area contributed by atoms with Crippen LogP contribution in [0.3, 0.4) is 0 Å². The van der Waals surface area contributed by atoms with E-state index in [-0.39, 0.29) is 12.5 Å². The molecule has 118 valence electrons. The zero-order chi connectivity index (χ0) is 16.6. The fourth-order valence-corrected chi connectivity index (χ4v) is 2.48. The zero-order valence-electron chi connectivity index (χ0n) is 12.7. The molecule has 0 aliphatic carbocycles. The van der Waals surface area contributed by atoms with Gasteiger partial charge in [-0.25, -0.2) is 4.39 Å². The lowest BCUT2D eigenvalue weighted by molar-refractivity contribution is -0.132. The number of aromatic nitrogens is 1. The Balaban J connectivity index is 2.02. The molecule has 0 bridgehead atoms. The van der Waals surface area contributed by atoms with E-state index in [0.717, 1.165) is 12.5 Å². The van der Waals surface area contributed by atoms with Crippen LogP contribution in [0, 0.1) is 5.82 Å². The third-order valence-corrected chi connectivity index (χ3v) is 3.64. The van der Waals surface area contributed by atoms with E-state index in [2.05, 4.69) is 4.98 Å². The maximum Gasteiger partial charge on any atom is 0.271 e. The summed E-state index contributed by atoms with van der Waals surface area (Å²) in [5, 5.41) is 0. The van der Waals surface area contributed by atoms with Crippen LogP contribution < -0.4 is 9.64 Å².